The summed E-state index contributed by atoms with van der Waals surface area (Å²) < 4.78 is 5.95. The molecule has 0 spiro atoms. The minimum atomic E-state index is -0.749. The fourth-order valence-corrected chi connectivity index (χ4v) is 10.2. The third-order valence-corrected chi connectivity index (χ3v) is 12.8. The molecule has 0 heterocycles. The van der Waals surface area contributed by atoms with Gasteiger partial charge in [0.2, 0.25) is 0 Å². The average molecular weight is 625 g/mol. The Balaban J connectivity index is 1.23. The van der Waals surface area contributed by atoms with Crippen LogP contribution in [0.25, 0.3) is 0 Å². The van der Waals surface area contributed by atoms with Crippen LogP contribution in [0.4, 0.5) is 0 Å². The van der Waals surface area contributed by atoms with Crippen molar-refractivity contribution in [3.63, 3.8) is 0 Å². The van der Waals surface area contributed by atoms with Gasteiger partial charge in [0.1, 0.15) is 11.9 Å². The molecule has 3 saturated carbocycles. The summed E-state index contributed by atoms with van der Waals surface area (Å²) in [5, 5.41) is 8.67. The molecule has 3 fully saturated rings. The molecular formula is C40H64O5. The van der Waals surface area contributed by atoms with Gasteiger partial charge in [-0.05, 0) is 111 Å². The number of hydrogen-bond acceptors (Lipinski definition) is 4. The molecule has 45 heavy (non-hydrogen) atoms. The summed E-state index contributed by atoms with van der Waals surface area (Å²) in [6.07, 6.45) is 24.9. The maximum atomic E-state index is 13.9. The normalized spacial score (nSPS) is 33.4. The Hall–Kier alpha value is -1.91. The first-order chi connectivity index (χ1) is 21.5. The molecule has 0 bridgehead atoms. The topological polar surface area (TPSA) is 80.7 Å². The van der Waals surface area contributed by atoms with Crippen LogP contribution in [-0.2, 0) is 19.1 Å². The summed E-state index contributed by atoms with van der Waals surface area (Å²) in [7, 11) is 0. The van der Waals surface area contributed by atoms with Crippen molar-refractivity contribution in [3.05, 3.63) is 23.8 Å². The lowest BCUT2D eigenvalue weighted by molar-refractivity contribution is -0.149. The van der Waals surface area contributed by atoms with Gasteiger partial charge in [0.25, 0.3) is 0 Å². The molecular weight excluding hydrogens is 560 g/mol. The van der Waals surface area contributed by atoms with Crippen LogP contribution in [0.1, 0.15) is 157 Å². The molecule has 0 saturated heterocycles. The van der Waals surface area contributed by atoms with Crippen molar-refractivity contribution >= 4 is 17.7 Å². The predicted octanol–water partition coefficient (Wildman–Crippen LogP) is 10.3. The summed E-state index contributed by atoms with van der Waals surface area (Å²) in [5.74, 6) is 3.08. The first kappa shape index (κ1) is 35.9. The highest BCUT2D eigenvalue weighted by molar-refractivity contribution is 5.86. The molecule has 8 unspecified atom stereocenters. The van der Waals surface area contributed by atoms with Gasteiger partial charge in [0.15, 0.2) is 0 Å². The van der Waals surface area contributed by atoms with Gasteiger partial charge in [-0.15, -0.1) is 0 Å². The highest BCUT2D eigenvalue weighted by atomic mass is 16.5. The highest BCUT2D eigenvalue weighted by Gasteiger charge is 2.61. The zero-order valence-electron chi connectivity index (χ0n) is 29.3. The maximum absolute atomic E-state index is 13.9. The Morgan fingerprint density at radius 3 is 2.38 bits per heavy atom. The molecule has 0 aliphatic heterocycles. The summed E-state index contributed by atoms with van der Waals surface area (Å²) in [4.78, 5) is 37.2. The number of Topliss-reactive ketones (excluding diaryl/α,β-unsaturated/α-hetero) is 1. The van der Waals surface area contributed by atoms with E-state index >= 15 is 0 Å². The van der Waals surface area contributed by atoms with Gasteiger partial charge in [0.05, 0.1) is 0 Å². The molecule has 5 nitrogen and oxygen atoms in total. The lowest BCUT2D eigenvalue weighted by atomic mass is 9.46. The van der Waals surface area contributed by atoms with Crippen LogP contribution >= 0.6 is 0 Å². The molecule has 0 aromatic carbocycles. The number of carbonyl (C=O) groups is 3. The Morgan fingerprint density at radius 2 is 1.62 bits per heavy atom. The quantitative estimate of drug-likeness (QED) is 0.0989. The third-order valence-electron chi connectivity index (χ3n) is 12.8. The summed E-state index contributed by atoms with van der Waals surface area (Å²) in [6, 6.07) is 0. The Labute approximate surface area is 274 Å². The van der Waals surface area contributed by atoms with Crippen molar-refractivity contribution in [2.45, 2.75) is 163 Å². The molecule has 4 rings (SSSR count). The number of ether oxygens (including phenoxy) is 1. The number of unbranched alkanes of at least 4 members (excludes halogenated alkanes) is 5. The second-order valence-corrected chi connectivity index (χ2v) is 16.3. The van der Waals surface area contributed by atoms with E-state index in [4.69, 9.17) is 9.84 Å². The fourth-order valence-electron chi connectivity index (χ4n) is 10.2. The zero-order valence-corrected chi connectivity index (χ0v) is 29.3. The molecule has 254 valence electrons. The molecule has 0 amide bonds. The zero-order chi connectivity index (χ0) is 32.6. The monoisotopic (exact) mass is 624 g/mol. The van der Waals surface area contributed by atoms with Crippen LogP contribution in [0.15, 0.2) is 23.8 Å². The van der Waals surface area contributed by atoms with E-state index < -0.39 is 5.97 Å². The van der Waals surface area contributed by atoms with Gasteiger partial charge >= 0.3 is 11.9 Å². The van der Waals surface area contributed by atoms with Gasteiger partial charge in [-0.2, -0.15) is 0 Å². The number of carbonyl (C=O) groups excluding carboxylic acids is 2. The Morgan fingerprint density at radius 1 is 0.889 bits per heavy atom. The number of fused-ring (bicyclic) bond motifs is 5. The smallest absolute Gasteiger partial charge is 0.306 e. The molecule has 5 heteroatoms. The molecule has 0 aromatic rings. The van der Waals surface area contributed by atoms with E-state index in [0.717, 1.165) is 75.5 Å². The highest BCUT2D eigenvalue weighted by Crippen LogP contribution is 2.67. The lowest BCUT2D eigenvalue weighted by Gasteiger charge is -2.58. The van der Waals surface area contributed by atoms with Crippen molar-refractivity contribution < 1.29 is 24.2 Å². The summed E-state index contributed by atoms with van der Waals surface area (Å²) >= 11 is 0. The molecule has 0 aromatic heterocycles. The van der Waals surface area contributed by atoms with E-state index in [1.165, 1.54) is 44.1 Å². The number of allylic oxidation sites excluding steroid dienone is 3. The molecule has 1 N–H and O–H groups in total. The van der Waals surface area contributed by atoms with E-state index in [1.54, 1.807) is 0 Å². The number of hydrogen-bond donors (Lipinski definition) is 1. The molecule has 4 aliphatic carbocycles. The van der Waals surface area contributed by atoms with Crippen molar-refractivity contribution in [1.29, 1.82) is 0 Å². The predicted molar refractivity (Wildman–Crippen MR) is 182 cm³/mol. The van der Waals surface area contributed by atoms with E-state index in [1.807, 2.05) is 6.08 Å². The van der Waals surface area contributed by atoms with Crippen molar-refractivity contribution in [3.8, 4) is 0 Å². The first-order valence-corrected chi connectivity index (χ1v) is 18.8. The van der Waals surface area contributed by atoms with E-state index in [0.29, 0.717) is 42.3 Å². The second-order valence-electron chi connectivity index (χ2n) is 16.3. The largest absolute Gasteiger partial charge is 0.481 e. The number of aliphatic carboxylic acids is 1. The van der Waals surface area contributed by atoms with E-state index in [2.05, 4.69) is 46.8 Å². The number of carboxylic acids is 1. The maximum Gasteiger partial charge on any atom is 0.306 e. The number of rotatable bonds is 17. The fraction of sp³-hybridized carbons (Fsp3) is 0.825. The van der Waals surface area contributed by atoms with Gasteiger partial charge in [-0.3, -0.25) is 14.4 Å². The van der Waals surface area contributed by atoms with Gasteiger partial charge in [0, 0.05) is 25.2 Å². The van der Waals surface area contributed by atoms with Crippen LogP contribution < -0.4 is 0 Å². The summed E-state index contributed by atoms with van der Waals surface area (Å²) in [6.45, 7) is 12.1. The lowest BCUT2D eigenvalue weighted by Crippen LogP contribution is -2.54. The van der Waals surface area contributed by atoms with Crippen LogP contribution in [0, 0.1) is 46.3 Å². The molecule has 0 radical (unpaired) electrons. The SMILES string of the molecule is CC(C)CCCC(C)C1CCC2C3C(=O)CC4=CC(OC(=O)CCCCCCCC=CCCC(=O)O)CCC4(C)C3CCC12C. The van der Waals surface area contributed by atoms with Crippen LogP contribution in [0.3, 0.4) is 0 Å². The number of esters is 1. The number of carboxylic acid groups (broad SMARTS) is 1. The van der Waals surface area contributed by atoms with Crippen molar-refractivity contribution in [1.82, 2.24) is 0 Å². The summed E-state index contributed by atoms with van der Waals surface area (Å²) in [5.41, 5.74) is 1.63. The number of ketones is 1. The second kappa shape index (κ2) is 16.3. The van der Waals surface area contributed by atoms with Gasteiger partial charge in [-0.25, -0.2) is 0 Å². The third kappa shape index (κ3) is 8.92. The van der Waals surface area contributed by atoms with Gasteiger partial charge < -0.3 is 9.84 Å². The van der Waals surface area contributed by atoms with Crippen LogP contribution in [0.5, 0.6) is 0 Å². The standard InChI is InChI=1S/C40H64O5/c1-28(2)16-15-17-29(3)32-20-21-33-38-34(23-25-40(32,33)5)39(4)24-22-31(26-30(39)27-35(38)41)45-37(44)19-14-12-10-8-6-7-9-11-13-18-36(42)43/h9,11,26,28-29,31-34,38H,6-8,10,12-25,27H2,1-5H3,(H,42,43). The Bertz CT molecular complexity index is 1070. The van der Waals surface area contributed by atoms with Crippen molar-refractivity contribution in [2.24, 2.45) is 46.3 Å². The minimum Gasteiger partial charge on any atom is -0.481 e. The average Bonchev–Trinajstić information content (AvgIpc) is 3.33. The molecule has 4 aliphatic rings. The van der Waals surface area contributed by atoms with Gasteiger partial charge in [-0.1, -0.05) is 90.9 Å². The Kier molecular flexibility index (Phi) is 13.0. The first-order valence-electron chi connectivity index (χ1n) is 18.8. The van der Waals surface area contributed by atoms with Crippen LogP contribution in [-0.4, -0.2) is 28.9 Å². The van der Waals surface area contributed by atoms with E-state index in [-0.39, 0.29) is 29.8 Å². The molecule has 8 atom stereocenters. The van der Waals surface area contributed by atoms with E-state index in [9.17, 15) is 14.4 Å². The van der Waals surface area contributed by atoms with Crippen molar-refractivity contribution in [2.75, 3.05) is 0 Å². The van der Waals surface area contributed by atoms with Crippen LogP contribution in [0.2, 0.25) is 0 Å². The minimum absolute atomic E-state index is 0.0647.